The first-order chi connectivity index (χ1) is 18.6. The fourth-order valence-corrected chi connectivity index (χ4v) is 5.82. The van der Waals surface area contributed by atoms with Gasteiger partial charge in [0.2, 0.25) is 21.8 Å². The summed E-state index contributed by atoms with van der Waals surface area (Å²) in [7, 11) is -1.47. The summed E-state index contributed by atoms with van der Waals surface area (Å²) in [4.78, 5) is 47.9. The van der Waals surface area contributed by atoms with Gasteiger partial charge in [0, 0.05) is 31.6 Å². The summed E-state index contributed by atoms with van der Waals surface area (Å²) in [6, 6.07) is 9.27. The molecule has 1 fully saturated rings. The van der Waals surface area contributed by atoms with Crippen molar-refractivity contribution in [3.05, 3.63) is 64.2 Å². The van der Waals surface area contributed by atoms with Crippen molar-refractivity contribution in [1.82, 2.24) is 14.9 Å². The Bertz CT molecular complexity index is 1320. The molecule has 3 rings (SSSR count). The molecule has 2 atom stereocenters. The highest BCUT2D eigenvalue weighted by molar-refractivity contribution is 7.89. The molecule has 1 unspecified atom stereocenters. The number of rotatable bonds is 12. The van der Waals surface area contributed by atoms with Gasteiger partial charge in [0.05, 0.1) is 24.0 Å². The summed E-state index contributed by atoms with van der Waals surface area (Å²) in [6.45, 7) is -0.196. The standard InChI is InChI=1S/C25H30N4O9S/c1-37-19-6-3-5-17(15-19)8-13-23(30)26-16-21(25(32)38-2)27-24(31)22-7-4-14-28(22)39(35,36)20-11-9-18(10-12-20)29(33)34/h3,5-6,9-12,15,21-22H,4,7-8,13-14,16H2,1-2H3,(H,26,30)(H,27,31)/t21-,22?/m0/s1. The Morgan fingerprint density at radius 2 is 1.87 bits per heavy atom. The third-order valence-electron chi connectivity index (χ3n) is 6.24. The molecule has 0 aliphatic carbocycles. The number of carbonyl (C=O) groups excluding carboxylic acids is 3. The maximum atomic E-state index is 13.2. The number of sulfonamides is 1. The second kappa shape index (κ2) is 13.2. The number of nitro groups is 1. The monoisotopic (exact) mass is 562 g/mol. The second-order valence-corrected chi connectivity index (χ2v) is 10.7. The van der Waals surface area contributed by atoms with E-state index in [0.717, 1.165) is 41.2 Å². The van der Waals surface area contributed by atoms with Crippen molar-refractivity contribution in [2.24, 2.45) is 0 Å². The second-order valence-electron chi connectivity index (χ2n) is 8.76. The number of nitro benzene ring substituents is 1. The fourth-order valence-electron chi connectivity index (χ4n) is 4.16. The van der Waals surface area contributed by atoms with Gasteiger partial charge in [-0.25, -0.2) is 13.2 Å². The van der Waals surface area contributed by atoms with Crippen LogP contribution in [0.5, 0.6) is 5.75 Å². The number of amides is 2. The lowest BCUT2D eigenvalue weighted by atomic mass is 10.1. The zero-order valence-corrected chi connectivity index (χ0v) is 22.3. The zero-order chi connectivity index (χ0) is 28.6. The first-order valence-corrected chi connectivity index (χ1v) is 13.5. The van der Waals surface area contributed by atoms with Gasteiger partial charge in [-0.05, 0) is 49.1 Å². The normalized spacial score (nSPS) is 16.2. The molecule has 210 valence electrons. The van der Waals surface area contributed by atoms with Gasteiger partial charge in [-0.3, -0.25) is 19.7 Å². The number of methoxy groups -OCH3 is 2. The van der Waals surface area contributed by atoms with Crippen LogP contribution in [0, 0.1) is 10.1 Å². The highest BCUT2D eigenvalue weighted by Crippen LogP contribution is 2.27. The minimum atomic E-state index is -4.15. The van der Waals surface area contributed by atoms with E-state index in [1.807, 2.05) is 18.2 Å². The number of esters is 1. The molecule has 13 nitrogen and oxygen atoms in total. The predicted octanol–water partition coefficient (Wildman–Crippen LogP) is 1.16. The molecule has 0 bridgehead atoms. The van der Waals surface area contributed by atoms with Gasteiger partial charge in [-0.1, -0.05) is 12.1 Å². The Morgan fingerprint density at radius 3 is 2.51 bits per heavy atom. The minimum absolute atomic E-state index is 0.0569. The van der Waals surface area contributed by atoms with E-state index in [0.29, 0.717) is 18.6 Å². The van der Waals surface area contributed by atoms with Gasteiger partial charge in [-0.15, -0.1) is 0 Å². The molecule has 39 heavy (non-hydrogen) atoms. The van der Waals surface area contributed by atoms with Crippen molar-refractivity contribution in [2.45, 2.75) is 42.7 Å². The highest BCUT2D eigenvalue weighted by Gasteiger charge is 2.40. The quantitative estimate of drug-likeness (QED) is 0.219. The lowest BCUT2D eigenvalue weighted by Gasteiger charge is -2.25. The number of benzene rings is 2. The Hall–Kier alpha value is -4.04. The van der Waals surface area contributed by atoms with Gasteiger partial charge < -0.3 is 20.1 Å². The molecule has 0 saturated carbocycles. The molecular weight excluding hydrogens is 532 g/mol. The van der Waals surface area contributed by atoms with Gasteiger partial charge in [0.1, 0.15) is 17.8 Å². The van der Waals surface area contributed by atoms with E-state index >= 15 is 0 Å². The van der Waals surface area contributed by atoms with E-state index in [1.165, 1.54) is 0 Å². The molecule has 0 spiro atoms. The van der Waals surface area contributed by atoms with Crippen molar-refractivity contribution in [3.63, 3.8) is 0 Å². The Balaban J connectivity index is 1.62. The summed E-state index contributed by atoms with van der Waals surface area (Å²) in [5, 5.41) is 16.0. The number of carbonyl (C=O) groups is 3. The molecule has 0 radical (unpaired) electrons. The Kier molecular flexibility index (Phi) is 9.95. The van der Waals surface area contributed by atoms with E-state index in [1.54, 1.807) is 13.2 Å². The summed E-state index contributed by atoms with van der Waals surface area (Å²) in [6.07, 6.45) is 1.15. The van der Waals surface area contributed by atoms with Crippen LogP contribution in [-0.4, -0.2) is 74.8 Å². The largest absolute Gasteiger partial charge is 0.497 e. The van der Waals surface area contributed by atoms with Gasteiger partial charge in [0.25, 0.3) is 5.69 Å². The van der Waals surface area contributed by atoms with Crippen LogP contribution in [0.2, 0.25) is 0 Å². The molecule has 2 N–H and O–H groups in total. The van der Waals surface area contributed by atoms with Crippen LogP contribution in [0.4, 0.5) is 5.69 Å². The first-order valence-electron chi connectivity index (χ1n) is 12.1. The maximum absolute atomic E-state index is 13.2. The number of nitrogens with zero attached hydrogens (tertiary/aromatic N) is 2. The van der Waals surface area contributed by atoms with Crippen LogP contribution in [0.1, 0.15) is 24.8 Å². The van der Waals surface area contributed by atoms with Crippen molar-refractivity contribution in [1.29, 1.82) is 0 Å². The van der Waals surface area contributed by atoms with Gasteiger partial charge in [0.15, 0.2) is 0 Å². The van der Waals surface area contributed by atoms with Crippen LogP contribution in [-0.2, 0) is 35.6 Å². The van der Waals surface area contributed by atoms with Crippen molar-refractivity contribution < 1.29 is 37.2 Å². The zero-order valence-electron chi connectivity index (χ0n) is 21.5. The summed E-state index contributed by atoms with van der Waals surface area (Å²) < 4.78 is 37.3. The number of hydrogen-bond donors (Lipinski definition) is 2. The summed E-state index contributed by atoms with van der Waals surface area (Å²) in [5.74, 6) is -1.22. The SMILES string of the molecule is COC(=O)[C@H](CNC(=O)CCc1cccc(OC)c1)NC(=O)C1CCCN1S(=O)(=O)c1ccc([N+](=O)[O-])cc1. The van der Waals surface area contributed by atoms with Crippen LogP contribution in [0.15, 0.2) is 53.4 Å². The lowest BCUT2D eigenvalue weighted by molar-refractivity contribution is -0.384. The van der Waals surface area contributed by atoms with E-state index < -0.39 is 38.9 Å². The van der Waals surface area contributed by atoms with Gasteiger partial charge >= 0.3 is 5.97 Å². The molecule has 14 heteroatoms. The molecular formula is C25H30N4O9S. The molecule has 2 amide bonds. The number of ether oxygens (including phenoxy) is 2. The molecule has 2 aromatic carbocycles. The van der Waals surface area contributed by atoms with Crippen LogP contribution in [0.25, 0.3) is 0 Å². The Morgan fingerprint density at radius 1 is 1.15 bits per heavy atom. The molecule has 1 heterocycles. The number of nitrogens with one attached hydrogen (secondary N) is 2. The van der Waals surface area contributed by atoms with Gasteiger partial charge in [-0.2, -0.15) is 4.31 Å². The molecule has 1 saturated heterocycles. The molecule has 1 aliphatic rings. The lowest BCUT2D eigenvalue weighted by Crippen LogP contribution is -2.54. The maximum Gasteiger partial charge on any atom is 0.330 e. The van der Waals surface area contributed by atoms with Crippen LogP contribution >= 0.6 is 0 Å². The van der Waals surface area contributed by atoms with E-state index in [4.69, 9.17) is 9.47 Å². The number of aryl methyl sites for hydroxylation is 1. The number of non-ortho nitro benzene ring substituents is 1. The van der Waals surface area contributed by atoms with E-state index in [-0.39, 0.29) is 42.4 Å². The third-order valence-corrected chi connectivity index (χ3v) is 8.16. The Labute approximate surface area is 225 Å². The van der Waals surface area contributed by atoms with E-state index in [9.17, 15) is 32.9 Å². The molecule has 2 aromatic rings. The smallest absolute Gasteiger partial charge is 0.330 e. The predicted molar refractivity (Wildman–Crippen MR) is 138 cm³/mol. The van der Waals surface area contributed by atoms with Crippen molar-refractivity contribution in [2.75, 3.05) is 27.3 Å². The first kappa shape index (κ1) is 29.5. The summed E-state index contributed by atoms with van der Waals surface area (Å²) >= 11 is 0. The number of hydrogen-bond acceptors (Lipinski definition) is 9. The fraction of sp³-hybridized carbons (Fsp3) is 0.400. The molecule has 1 aliphatic heterocycles. The van der Waals surface area contributed by atoms with Crippen molar-refractivity contribution >= 4 is 33.5 Å². The minimum Gasteiger partial charge on any atom is -0.497 e. The third kappa shape index (κ3) is 7.51. The highest BCUT2D eigenvalue weighted by atomic mass is 32.2. The van der Waals surface area contributed by atoms with Crippen LogP contribution < -0.4 is 15.4 Å². The molecule has 0 aromatic heterocycles. The summed E-state index contributed by atoms with van der Waals surface area (Å²) in [5.41, 5.74) is 0.619. The van der Waals surface area contributed by atoms with Crippen LogP contribution in [0.3, 0.4) is 0 Å². The average Bonchev–Trinajstić information content (AvgIpc) is 3.45. The topological polar surface area (TPSA) is 174 Å². The van der Waals surface area contributed by atoms with Crippen molar-refractivity contribution in [3.8, 4) is 5.75 Å². The average molecular weight is 563 g/mol. The van der Waals surface area contributed by atoms with E-state index in [2.05, 4.69) is 10.6 Å².